The molecule has 2 heterocycles. The number of rotatable bonds is 5. The second kappa shape index (κ2) is 6.62. The predicted molar refractivity (Wildman–Crippen MR) is 76.7 cm³/mol. The van der Waals surface area contributed by atoms with Gasteiger partial charge in [-0.25, -0.2) is 4.79 Å². The molecule has 1 saturated heterocycles. The van der Waals surface area contributed by atoms with Crippen molar-refractivity contribution < 1.29 is 24.9 Å². The summed E-state index contributed by atoms with van der Waals surface area (Å²) >= 11 is 0. The minimum absolute atomic E-state index is 0.0704. The van der Waals surface area contributed by atoms with E-state index in [2.05, 4.69) is 10.3 Å². The quantitative estimate of drug-likeness (QED) is 0.385. The normalized spacial score (nSPS) is 27.1. The molecular weight excluding hydrogens is 310 g/mol. The van der Waals surface area contributed by atoms with E-state index < -0.39 is 41.7 Å². The first kappa shape index (κ1) is 17.3. The molecule has 5 N–H and O–H groups in total. The van der Waals surface area contributed by atoms with Crippen molar-refractivity contribution in [2.24, 2.45) is 0 Å². The minimum atomic E-state index is -1.94. The third-order valence-corrected chi connectivity index (χ3v) is 3.78. The molecule has 1 amide bonds. The third kappa shape index (κ3) is 3.06. The molecule has 1 aliphatic heterocycles. The SMILES string of the molecule is Cc1cn([C@H]2C[C@H](O)[C@](CO)(C(=O)NCCO)O2)c(=O)[nH]c1=O. The summed E-state index contributed by atoms with van der Waals surface area (Å²) in [5, 5.41) is 30.8. The number of carbonyl (C=O) groups excluding carboxylic acids is 1. The lowest BCUT2D eigenvalue weighted by Crippen LogP contribution is -2.56. The Bertz CT molecular complexity index is 698. The van der Waals surface area contributed by atoms with E-state index in [4.69, 9.17) is 9.84 Å². The Labute approximate surface area is 130 Å². The first-order valence-corrected chi connectivity index (χ1v) is 7.03. The number of aromatic nitrogens is 2. The molecule has 0 unspecified atom stereocenters. The van der Waals surface area contributed by atoms with Crippen LogP contribution >= 0.6 is 0 Å². The van der Waals surface area contributed by atoms with Gasteiger partial charge < -0.3 is 25.4 Å². The smallest absolute Gasteiger partial charge is 0.330 e. The number of H-pyrrole nitrogens is 1. The lowest BCUT2D eigenvalue weighted by molar-refractivity contribution is -0.167. The summed E-state index contributed by atoms with van der Waals surface area (Å²) in [7, 11) is 0. The Morgan fingerprint density at radius 3 is 2.83 bits per heavy atom. The van der Waals surface area contributed by atoms with Crippen LogP contribution in [-0.2, 0) is 9.53 Å². The zero-order valence-corrected chi connectivity index (χ0v) is 12.5. The van der Waals surface area contributed by atoms with Crippen molar-refractivity contribution >= 4 is 5.91 Å². The van der Waals surface area contributed by atoms with E-state index in [-0.39, 0.29) is 25.1 Å². The number of aliphatic hydroxyl groups excluding tert-OH is 3. The van der Waals surface area contributed by atoms with Crippen LogP contribution in [0.5, 0.6) is 0 Å². The summed E-state index contributed by atoms with van der Waals surface area (Å²) in [6, 6.07) is 0. The molecule has 3 atom stereocenters. The zero-order chi connectivity index (χ0) is 17.2. The molecular formula is C13H19N3O7. The summed E-state index contributed by atoms with van der Waals surface area (Å²) < 4.78 is 6.53. The number of nitrogens with one attached hydrogen (secondary N) is 2. The number of ether oxygens (including phenoxy) is 1. The van der Waals surface area contributed by atoms with E-state index in [1.165, 1.54) is 13.1 Å². The highest BCUT2D eigenvalue weighted by atomic mass is 16.6. The van der Waals surface area contributed by atoms with Gasteiger partial charge in [0, 0.05) is 24.7 Å². The maximum atomic E-state index is 12.1. The van der Waals surface area contributed by atoms with E-state index in [0.29, 0.717) is 0 Å². The van der Waals surface area contributed by atoms with Crippen LogP contribution < -0.4 is 16.6 Å². The summed E-state index contributed by atoms with van der Waals surface area (Å²) in [5.41, 5.74) is -2.97. The molecule has 1 fully saturated rings. The fourth-order valence-electron chi connectivity index (χ4n) is 2.46. The van der Waals surface area contributed by atoms with Crippen LogP contribution in [-0.4, -0.2) is 62.2 Å². The maximum Gasteiger partial charge on any atom is 0.330 e. The number of aliphatic hydroxyl groups is 3. The molecule has 0 aliphatic carbocycles. The summed E-state index contributed by atoms with van der Waals surface area (Å²) in [6.45, 7) is 0.302. The third-order valence-electron chi connectivity index (χ3n) is 3.78. The summed E-state index contributed by atoms with van der Waals surface area (Å²) in [5.74, 6) is -0.793. The van der Waals surface area contributed by atoms with Gasteiger partial charge in [-0.2, -0.15) is 0 Å². The lowest BCUT2D eigenvalue weighted by Gasteiger charge is -2.28. The molecule has 1 aromatic rings. The number of carbonyl (C=O) groups is 1. The van der Waals surface area contributed by atoms with Crippen LogP contribution in [0.15, 0.2) is 15.8 Å². The molecule has 2 rings (SSSR count). The van der Waals surface area contributed by atoms with Crippen LogP contribution in [0.4, 0.5) is 0 Å². The molecule has 0 bridgehead atoms. The second-order valence-corrected chi connectivity index (χ2v) is 5.33. The highest BCUT2D eigenvalue weighted by molar-refractivity contribution is 5.86. The lowest BCUT2D eigenvalue weighted by atomic mass is 9.96. The average molecular weight is 329 g/mol. The van der Waals surface area contributed by atoms with E-state index in [0.717, 1.165) is 4.57 Å². The van der Waals surface area contributed by atoms with Gasteiger partial charge in [0.25, 0.3) is 11.5 Å². The number of aromatic amines is 1. The molecule has 128 valence electrons. The van der Waals surface area contributed by atoms with Crippen molar-refractivity contribution in [3.8, 4) is 0 Å². The first-order valence-electron chi connectivity index (χ1n) is 7.03. The largest absolute Gasteiger partial charge is 0.395 e. The van der Waals surface area contributed by atoms with Gasteiger partial charge in [0.2, 0.25) is 0 Å². The van der Waals surface area contributed by atoms with E-state index in [9.17, 15) is 24.6 Å². The Morgan fingerprint density at radius 1 is 1.52 bits per heavy atom. The van der Waals surface area contributed by atoms with Crippen molar-refractivity contribution in [2.75, 3.05) is 19.8 Å². The number of amides is 1. The van der Waals surface area contributed by atoms with Crippen molar-refractivity contribution in [1.82, 2.24) is 14.9 Å². The Kier molecular flexibility index (Phi) is 5.00. The first-order chi connectivity index (χ1) is 10.9. The van der Waals surface area contributed by atoms with Gasteiger partial charge >= 0.3 is 5.69 Å². The fraction of sp³-hybridized carbons (Fsp3) is 0.615. The Hall–Kier alpha value is -2.01. The van der Waals surface area contributed by atoms with Crippen LogP contribution in [0.3, 0.4) is 0 Å². The Balaban J connectivity index is 2.33. The minimum Gasteiger partial charge on any atom is -0.395 e. The van der Waals surface area contributed by atoms with E-state index >= 15 is 0 Å². The van der Waals surface area contributed by atoms with Crippen molar-refractivity contribution in [1.29, 1.82) is 0 Å². The van der Waals surface area contributed by atoms with Gasteiger partial charge in [-0.1, -0.05) is 0 Å². The van der Waals surface area contributed by atoms with Gasteiger partial charge in [-0.05, 0) is 6.92 Å². The van der Waals surface area contributed by atoms with Crippen molar-refractivity contribution in [3.63, 3.8) is 0 Å². The average Bonchev–Trinajstić information content (AvgIpc) is 2.86. The molecule has 1 aliphatic rings. The predicted octanol–water partition coefficient (Wildman–Crippen LogP) is -3.04. The molecule has 0 saturated carbocycles. The number of hydrogen-bond acceptors (Lipinski definition) is 7. The molecule has 0 radical (unpaired) electrons. The van der Waals surface area contributed by atoms with Gasteiger partial charge in [0.1, 0.15) is 6.23 Å². The number of aryl methyl sites for hydroxylation is 1. The van der Waals surface area contributed by atoms with E-state index in [1.54, 1.807) is 0 Å². The van der Waals surface area contributed by atoms with Gasteiger partial charge in [-0.15, -0.1) is 0 Å². The number of hydrogen-bond donors (Lipinski definition) is 5. The monoisotopic (exact) mass is 329 g/mol. The maximum absolute atomic E-state index is 12.1. The fourth-order valence-corrected chi connectivity index (χ4v) is 2.46. The van der Waals surface area contributed by atoms with Crippen LogP contribution in [0, 0.1) is 6.92 Å². The standard InChI is InChI=1S/C13H19N3O7/c1-7-5-16(12(22)15-10(7)20)9-4-8(19)13(6-18,23-9)11(21)14-2-3-17/h5,8-9,17-19H,2-4,6H2,1H3,(H,14,21)(H,15,20,22)/t8-,9+,13+/m0/s1. The number of nitrogens with zero attached hydrogens (tertiary/aromatic N) is 1. The summed E-state index contributed by atoms with van der Waals surface area (Å²) in [6.07, 6.45) is -1.26. The van der Waals surface area contributed by atoms with Crippen LogP contribution in [0.1, 0.15) is 18.2 Å². The molecule has 10 heteroatoms. The summed E-state index contributed by atoms with van der Waals surface area (Å²) in [4.78, 5) is 37.5. The molecule has 10 nitrogen and oxygen atoms in total. The molecule has 23 heavy (non-hydrogen) atoms. The Morgan fingerprint density at radius 2 is 2.22 bits per heavy atom. The van der Waals surface area contributed by atoms with E-state index in [1.807, 2.05) is 0 Å². The van der Waals surface area contributed by atoms with Crippen LogP contribution in [0.25, 0.3) is 0 Å². The van der Waals surface area contributed by atoms with Gasteiger partial charge in [-0.3, -0.25) is 19.1 Å². The molecule has 0 aromatic carbocycles. The highest BCUT2D eigenvalue weighted by Gasteiger charge is 2.54. The van der Waals surface area contributed by atoms with Gasteiger partial charge in [0.05, 0.1) is 19.3 Å². The van der Waals surface area contributed by atoms with Crippen LogP contribution in [0.2, 0.25) is 0 Å². The topological polar surface area (TPSA) is 154 Å². The molecule has 0 spiro atoms. The van der Waals surface area contributed by atoms with Crippen molar-refractivity contribution in [2.45, 2.75) is 31.3 Å². The molecule has 1 aromatic heterocycles. The van der Waals surface area contributed by atoms with Gasteiger partial charge in [0.15, 0.2) is 5.60 Å². The zero-order valence-electron chi connectivity index (χ0n) is 12.5. The van der Waals surface area contributed by atoms with Crippen molar-refractivity contribution in [3.05, 3.63) is 32.6 Å². The highest BCUT2D eigenvalue weighted by Crippen LogP contribution is 2.36. The second-order valence-electron chi connectivity index (χ2n) is 5.33.